The minimum absolute atomic E-state index is 0.120. The number of ketones is 1. The Bertz CT molecular complexity index is 1060. The number of carbonyl (C=O) groups excluding carboxylic acids is 1. The van der Waals surface area contributed by atoms with E-state index >= 15 is 0 Å². The largest absolute Gasteiger partial charge is 0.294 e. The topological polar surface area (TPSA) is 51.2 Å². The fraction of sp³-hybridized carbons (Fsp3) is 0.318. The first kappa shape index (κ1) is 19.7. The SMILES string of the molecule is CS(=O)(=O)c1ccc(CC2=C(Sc3ccccc3)C3CCC(C3)C2=O)c(Cl)c1. The zero-order valence-electron chi connectivity index (χ0n) is 15.5. The van der Waals surface area contributed by atoms with Crippen molar-refractivity contribution in [3.8, 4) is 0 Å². The summed E-state index contributed by atoms with van der Waals surface area (Å²) in [4.78, 5) is 15.6. The van der Waals surface area contributed by atoms with Gasteiger partial charge >= 0.3 is 0 Å². The van der Waals surface area contributed by atoms with E-state index in [2.05, 4.69) is 12.1 Å². The molecule has 0 N–H and O–H groups in total. The van der Waals surface area contributed by atoms with Crippen molar-refractivity contribution in [3.05, 3.63) is 69.6 Å². The molecule has 0 aromatic heterocycles. The van der Waals surface area contributed by atoms with Gasteiger partial charge in [0.05, 0.1) is 4.90 Å². The number of halogens is 1. The van der Waals surface area contributed by atoms with Gasteiger partial charge in [0, 0.05) is 34.1 Å². The van der Waals surface area contributed by atoms with E-state index in [1.807, 2.05) is 18.2 Å². The second kappa shape index (κ2) is 7.69. The first-order valence-corrected chi connectivity index (χ1v) is 12.4. The smallest absolute Gasteiger partial charge is 0.175 e. The Morgan fingerprint density at radius 1 is 1.07 bits per heavy atom. The molecule has 0 spiro atoms. The van der Waals surface area contributed by atoms with Crippen LogP contribution in [0, 0.1) is 11.8 Å². The first-order chi connectivity index (χ1) is 13.3. The van der Waals surface area contributed by atoms with Crippen molar-refractivity contribution in [1.82, 2.24) is 0 Å². The van der Waals surface area contributed by atoms with Gasteiger partial charge in [-0.1, -0.05) is 47.6 Å². The van der Waals surface area contributed by atoms with Gasteiger partial charge in [-0.15, -0.1) is 0 Å². The Morgan fingerprint density at radius 2 is 1.79 bits per heavy atom. The predicted molar refractivity (Wildman–Crippen MR) is 113 cm³/mol. The highest BCUT2D eigenvalue weighted by Crippen LogP contribution is 2.50. The Morgan fingerprint density at radius 3 is 2.46 bits per heavy atom. The highest BCUT2D eigenvalue weighted by atomic mass is 35.5. The van der Waals surface area contributed by atoms with Crippen LogP contribution in [0.4, 0.5) is 0 Å². The minimum atomic E-state index is -3.31. The maximum absolute atomic E-state index is 13.1. The van der Waals surface area contributed by atoms with Crippen LogP contribution in [-0.4, -0.2) is 20.5 Å². The Kier molecular flexibility index (Phi) is 5.43. The van der Waals surface area contributed by atoms with Crippen LogP contribution in [0.1, 0.15) is 24.8 Å². The van der Waals surface area contributed by atoms with Crippen LogP contribution in [-0.2, 0) is 21.1 Å². The summed E-state index contributed by atoms with van der Waals surface area (Å²) < 4.78 is 23.5. The molecule has 0 aliphatic heterocycles. The average Bonchev–Trinajstić information content (AvgIpc) is 3.10. The van der Waals surface area contributed by atoms with E-state index in [-0.39, 0.29) is 16.6 Å². The summed E-state index contributed by atoms with van der Waals surface area (Å²) in [5, 5.41) is 0.394. The lowest BCUT2D eigenvalue weighted by atomic mass is 9.85. The van der Waals surface area contributed by atoms with Crippen LogP contribution < -0.4 is 0 Å². The van der Waals surface area contributed by atoms with Crippen LogP contribution >= 0.6 is 23.4 Å². The van der Waals surface area contributed by atoms with Crippen molar-refractivity contribution in [2.24, 2.45) is 11.8 Å². The third-order valence-corrected chi connectivity index (χ3v) is 8.33. The molecule has 2 aliphatic carbocycles. The molecule has 0 amide bonds. The van der Waals surface area contributed by atoms with Gasteiger partial charge in [0.2, 0.25) is 0 Å². The van der Waals surface area contributed by atoms with Gasteiger partial charge in [0.1, 0.15) is 0 Å². The normalized spacial score (nSPS) is 22.0. The molecule has 2 unspecified atom stereocenters. The van der Waals surface area contributed by atoms with Gasteiger partial charge in [-0.05, 0) is 59.9 Å². The fourth-order valence-electron chi connectivity index (χ4n) is 4.10. The summed E-state index contributed by atoms with van der Waals surface area (Å²) in [5.41, 5.74) is 1.64. The summed E-state index contributed by atoms with van der Waals surface area (Å²) in [5.74, 6) is 0.779. The Balaban J connectivity index is 1.72. The van der Waals surface area contributed by atoms with Gasteiger partial charge in [-0.25, -0.2) is 8.42 Å². The summed E-state index contributed by atoms with van der Waals surface area (Å²) >= 11 is 8.08. The third kappa shape index (κ3) is 3.93. The number of rotatable bonds is 5. The molecule has 2 aromatic rings. The van der Waals surface area contributed by atoms with Gasteiger partial charge in [-0.2, -0.15) is 0 Å². The highest BCUT2D eigenvalue weighted by Gasteiger charge is 2.40. The van der Waals surface area contributed by atoms with Crippen molar-refractivity contribution in [3.63, 3.8) is 0 Å². The third-order valence-electron chi connectivity index (χ3n) is 5.56. The average molecular weight is 433 g/mol. The summed E-state index contributed by atoms with van der Waals surface area (Å²) in [6.45, 7) is 0. The molecule has 28 heavy (non-hydrogen) atoms. The lowest BCUT2D eigenvalue weighted by Gasteiger charge is -2.25. The molecule has 4 rings (SSSR count). The van der Waals surface area contributed by atoms with Gasteiger partial charge < -0.3 is 0 Å². The lowest BCUT2D eigenvalue weighted by molar-refractivity contribution is -0.119. The van der Waals surface area contributed by atoms with Crippen molar-refractivity contribution in [2.45, 2.75) is 35.5 Å². The number of allylic oxidation sites excluding steroid dienone is 2. The van der Waals surface area contributed by atoms with E-state index in [4.69, 9.17) is 11.6 Å². The summed E-state index contributed by atoms with van der Waals surface area (Å²) in [6.07, 6.45) is 4.56. The fourth-order valence-corrected chi connectivity index (χ4v) is 6.28. The van der Waals surface area contributed by atoms with Gasteiger partial charge in [0.25, 0.3) is 0 Å². The second-order valence-corrected chi connectivity index (χ2v) is 11.1. The maximum Gasteiger partial charge on any atom is 0.175 e. The number of fused-ring (bicyclic) bond motifs is 2. The second-order valence-electron chi connectivity index (χ2n) is 7.53. The molecule has 1 fully saturated rings. The Labute approximate surface area is 175 Å². The molecule has 2 aromatic carbocycles. The van der Waals surface area contributed by atoms with Crippen molar-refractivity contribution in [2.75, 3.05) is 6.26 Å². The highest BCUT2D eigenvalue weighted by molar-refractivity contribution is 8.03. The molecule has 146 valence electrons. The van der Waals surface area contributed by atoms with E-state index in [9.17, 15) is 13.2 Å². The molecule has 2 aliphatic rings. The molecular formula is C22H21ClO3S2. The van der Waals surface area contributed by atoms with E-state index < -0.39 is 9.84 Å². The number of benzene rings is 2. The summed E-state index contributed by atoms with van der Waals surface area (Å²) in [7, 11) is -3.31. The molecule has 2 bridgehead atoms. The molecular weight excluding hydrogens is 412 g/mol. The molecule has 1 saturated carbocycles. The van der Waals surface area contributed by atoms with Crippen LogP contribution in [0.5, 0.6) is 0 Å². The van der Waals surface area contributed by atoms with E-state index in [0.717, 1.165) is 46.5 Å². The predicted octanol–water partition coefficient (Wildman–Crippen LogP) is 5.33. The number of carbonyl (C=O) groups is 1. The zero-order valence-corrected chi connectivity index (χ0v) is 17.9. The molecule has 0 heterocycles. The molecule has 2 atom stereocenters. The van der Waals surface area contributed by atoms with Crippen LogP contribution in [0.3, 0.4) is 0 Å². The van der Waals surface area contributed by atoms with Crippen LogP contribution in [0.15, 0.2) is 68.8 Å². The van der Waals surface area contributed by atoms with Crippen LogP contribution in [0.2, 0.25) is 5.02 Å². The summed E-state index contributed by atoms with van der Waals surface area (Å²) in [6, 6.07) is 14.9. The number of thioether (sulfide) groups is 1. The van der Waals surface area contributed by atoms with Crippen molar-refractivity contribution in [1.29, 1.82) is 0 Å². The monoisotopic (exact) mass is 432 g/mol. The molecule has 0 radical (unpaired) electrons. The first-order valence-electron chi connectivity index (χ1n) is 9.31. The number of sulfone groups is 1. The lowest BCUT2D eigenvalue weighted by Crippen LogP contribution is -2.22. The zero-order chi connectivity index (χ0) is 19.9. The molecule has 0 saturated heterocycles. The standard InChI is InChI=1S/C22H21ClO3S2/c1-28(25,26)18-10-9-14(20(23)13-18)12-19-21(24)15-7-8-16(11-15)22(19)27-17-5-3-2-4-6-17/h2-6,9-10,13,15-16H,7-8,11-12H2,1H3. The molecule has 6 heteroatoms. The quantitative estimate of drug-likeness (QED) is 0.640. The van der Waals surface area contributed by atoms with Crippen molar-refractivity contribution < 1.29 is 13.2 Å². The van der Waals surface area contributed by atoms with E-state index in [0.29, 0.717) is 17.4 Å². The number of Topliss-reactive ketones (excluding diaryl/α,β-unsaturated/α-hetero) is 1. The number of hydrogen-bond donors (Lipinski definition) is 0. The van der Waals surface area contributed by atoms with Crippen LogP contribution in [0.25, 0.3) is 0 Å². The van der Waals surface area contributed by atoms with E-state index in [1.165, 1.54) is 6.07 Å². The maximum atomic E-state index is 13.1. The van der Waals surface area contributed by atoms with Gasteiger partial charge in [-0.3, -0.25) is 4.79 Å². The van der Waals surface area contributed by atoms with E-state index in [1.54, 1.807) is 23.9 Å². The molecule has 3 nitrogen and oxygen atoms in total. The Hall–Kier alpha value is -1.56. The number of hydrogen-bond acceptors (Lipinski definition) is 4. The van der Waals surface area contributed by atoms with Crippen molar-refractivity contribution >= 4 is 39.0 Å². The van der Waals surface area contributed by atoms with Gasteiger partial charge in [0.15, 0.2) is 15.6 Å². The minimum Gasteiger partial charge on any atom is -0.294 e.